The minimum atomic E-state index is -0.165. The van der Waals surface area contributed by atoms with Crippen molar-refractivity contribution in [2.45, 2.75) is 0 Å². The van der Waals surface area contributed by atoms with E-state index >= 15 is 0 Å². The van der Waals surface area contributed by atoms with E-state index in [4.69, 9.17) is 11.6 Å². The fourth-order valence-electron chi connectivity index (χ4n) is 1.05. The number of aromatic nitrogens is 2. The van der Waals surface area contributed by atoms with Crippen molar-refractivity contribution in [3.63, 3.8) is 0 Å². The molecule has 0 aromatic carbocycles. The smallest absolute Gasteiger partial charge is 0.251 e. The molecule has 1 N–H and O–H groups in total. The molecular weight excluding hydrogens is 232 g/mol. The van der Waals surface area contributed by atoms with Crippen molar-refractivity contribution < 1.29 is 0 Å². The van der Waals surface area contributed by atoms with Gasteiger partial charge in [-0.15, -0.1) is 11.3 Å². The third kappa shape index (κ3) is 2.55. The van der Waals surface area contributed by atoms with Crippen molar-refractivity contribution in [2.24, 2.45) is 0 Å². The summed E-state index contributed by atoms with van der Waals surface area (Å²) in [6, 6.07) is 3.20. The molecule has 2 aromatic rings. The van der Waals surface area contributed by atoms with Gasteiger partial charge in [0, 0.05) is 17.1 Å². The second kappa shape index (κ2) is 4.42. The molecule has 2 rings (SSSR count). The van der Waals surface area contributed by atoms with Gasteiger partial charge in [0.2, 0.25) is 0 Å². The second-order valence-corrected chi connectivity index (χ2v) is 4.14. The molecule has 3 nitrogen and oxygen atoms in total. The Balaban J connectivity index is 2.26. The van der Waals surface area contributed by atoms with Gasteiger partial charge in [0.15, 0.2) is 0 Å². The summed E-state index contributed by atoms with van der Waals surface area (Å²) in [6.45, 7) is 0. The summed E-state index contributed by atoms with van der Waals surface area (Å²) in [6.07, 6.45) is 5.01. The van der Waals surface area contributed by atoms with Crippen LogP contribution in [0.25, 0.3) is 12.2 Å². The van der Waals surface area contributed by atoms with Crippen LogP contribution < -0.4 is 5.56 Å². The molecule has 15 heavy (non-hydrogen) atoms. The van der Waals surface area contributed by atoms with Crippen molar-refractivity contribution >= 4 is 35.1 Å². The molecule has 0 saturated carbocycles. The summed E-state index contributed by atoms with van der Waals surface area (Å²) in [7, 11) is 0. The molecule has 2 heterocycles. The average Bonchev–Trinajstić information content (AvgIpc) is 2.61. The number of nitrogens with one attached hydrogen (secondary N) is 1. The fraction of sp³-hybridized carbons (Fsp3) is 0. The maximum atomic E-state index is 11.0. The first-order valence-corrected chi connectivity index (χ1v) is 5.48. The van der Waals surface area contributed by atoms with E-state index in [9.17, 15) is 4.79 Å². The van der Waals surface area contributed by atoms with Crippen LogP contribution in [0, 0.1) is 0 Å². The van der Waals surface area contributed by atoms with E-state index in [1.807, 2.05) is 17.5 Å². The van der Waals surface area contributed by atoms with E-state index < -0.39 is 0 Å². The van der Waals surface area contributed by atoms with E-state index in [1.54, 1.807) is 6.08 Å². The molecule has 0 saturated heterocycles. The Kier molecular flexibility index (Phi) is 2.99. The molecule has 5 heteroatoms. The highest BCUT2D eigenvalue weighted by atomic mass is 35.5. The zero-order valence-electron chi connectivity index (χ0n) is 7.61. The molecule has 0 spiro atoms. The molecule has 0 unspecified atom stereocenters. The van der Waals surface area contributed by atoms with Gasteiger partial charge in [0.25, 0.3) is 5.56 Å². The molecule has 0 bridgehead atoms. The summed E-state index contributed by atoms with van der Waals surface area (Å²) >= 11 is 7.44. The molecule has 76 valence electrons. The third-order valence-corrected chi connectivity index (χ3v) is 3.05. The largest absolute Gasteiger partial charge is 0.307 e. The first kappa shape index (κ1) is 10.1. The van der Waals surface area contributed by atoms with E-state index in [1.165, 1.54) is 23.6 Å². The lowest BCUT2D eigenvalue weighted by Crippen LogP contribution is -2.05. The summed E-state index contributed by atoms with van der Waals surface area (Å²) in [5.41, 5.74) is -0.165. The molecule has 0 aliphatic rings. The molecule has 0 radical (unpaired) electrons. The van der Waals surface area contributed by atoms with Crippen LogP contribution in [-0.4, -0.2) is 9.97 Å². The van der Waals surface area contributed by atoms with Crippen LogP contribution in [0.5, 0.6) is 0 Å². The number of hydrogen-bond donors (Lipinski definition) is 1. The Morgan fingerprint density at radius 3 is 2.93 bits per heavy atom. The second-order valence-electron chi connectivity index (χ2n) is 2.79. The minimum Gasteiger partial charge on any atom is -0.307 e. The lowest BCUT2D eigenvalue weighted by atomic mass is 10.4. The van der Waals surface area contributed by atoms with Crippen LogP contribution in [0.2, 0.25) is 5.02 Å². The molecule has 0 aliphatic carbocycles. The number of halogens is 1. The highest BCUT2D eigenvalue weighted by Gasteiger charge is 1.96. The van der Waals surface area contributed by atoms with Gasteiger partial charge >= 0.3 is 0 Å². The van der Waals surface area contributed by atoms with E-state index in [-0.39, 0.29) is 5.56 Å². The van der Waals surface area contributed by atoms with Gasteiger partial charge in [-0.25, -0.2) is 4.98 Å². The lowest BCUT2D eigenvalue weighted by Gasteiger charge is -1.90. The number of nitrogens with zero attached hydrogens (tertiary/aromatic N) is 1. The van der Waals surface area contributed by atoms with Crippen molar-refractivity contribution in [1.82, 2.24) is 9.97 Å². The van der Waals surface area contributed by atoms with Crippen LogP contribution in [0.15, 0.2) is 28.5 Å². The maximum Gasteiger partial charge on any atom is 0.251 e. The summed E-state index contributed by atoms with van der Waals surface area (Å²) in [5.74, 6) is 0.520. The molecular formula is C10H7ClN2OS. The topological polar surface area (TPSA) is 45.8 Å². The van der Waals surface area contributed by atoms with Gasteiger partial charge in [-0.2, -0.15) is 0 Å². The number of thiophene rings is 1. The van der Waals surface area contributed by atoms with Crippen LogP contribution in [0.3, 0.4) is 0 Å². The van der Waals surface area contributed by atoms with Crippen molar-refractivity contribution in [3.8, 4) is 0 Å². The Bertz CT molecular complexity index is 544. The van der Waals surface area contributed by atoms with Gasteiger partial charge < -0.3 is 4.98 Å². The van der Waals surface area contributed by atoms with Gasteiger partial charge in [-0.05, 0) is 23.6 Å². The normalized spacial score (nSPS) is 11.0. The zero-order chi connectivity index (χ0) is 10.7. The van der Waals surface area contributed by atoms with Gasteiger partial charge in [-0.3, -0.25) is 4.79 Å². The standard InChI is InChI=1S/C10H7ClN2OS/c11-7-4-6-15-8(7)1-2-9-12-5-3-10(14)13-9/h1-6H,(H,12,13,14)/b2-1+. The number of aromatic amines is 1. The highest BCUT2D eigenvalue weighted by Crippen LogP contribution is 2.23. The molecule has 0 amide bonds. The van der Waals surface area contributed by atoms with E-state index in [2.05, 4.69) is 9.97 Å². The Hall–Kier alpha value is -1.39. The Labute approximate surface area is 95.1 Å². The zero-order valence-corrected chi connectivity index (χ0v) is 9.18. The minimum absolute atomic E-state index is 0.165. The summed E-state index contributed by atoms with van der Waals surface area (Å²) in [4.78, 5) is 18.5. The first-order chi connectivity index (χ1) is 7.25. The fourth-order valence-corrected chi connectivity index (χ4v) is 2.06. The summed E-state index contributed by atoms with van der Waals surface area (Å²) < 4.78 is 0. The Morgan fingerprint density at radius 2 is 2.27 bits per heavy atom. The highest BCUT2D eigenvalue weighted by molar-refractivity contribution is 7.11. The van der Waals surface area contributed by atoms with Crippen molar-refractivity contribution in [3.05, 3.63) is 49.8 Å². The molecule has 2 aromatic heterocycles. The predicted molar refractivity (Wildman–Crippen MR) is 63.1 cm³/mol. The quantitative estimate of drug-likeness (QED) is 0.874. The Morgan fingerprint density at radius 1 is 1.40 bits per heavy atom. The molecule has 0 fully saturated rings. The van der Waals surface area contributed by atoms with Gasteiger partial charge in [0.1, 0.15) is 5.82 Å². The van der Waals surface area contributed by atoms with Crippen LogP contribution in [0.4, 0.5) is 0 Å². The molecule has 0 aliphatic heterocycles. The number of hydrogen-bond acceptors (Lipinski definition) is 3. The van der Waals surface area contributed by atoms with Crippen LogP contribution in [-0.2, 0) is 0 Å². The molecule has 0 atom stereocenters. The third-order valence-electron chi connectivity index (χ3n) is 1.73. The van der Waals surface area contributed by atoms with Crippen molar-refractivity contribution in [2.75, 3.05) is 0 Å². The lowest BCUT2D eigenvalue weighted by molar-refractivity contribution is 1.09. The maximum absolute atomic E-state index is 11.0. The number of H-pyrrole nitrogens is 1. The van der Waals surface area contributed by atoms with Crippen LogP contribution >= 0.6 is 22.9 Å². The van der Waals surface area contributed by atoms with Gasteiger partial charge in [-0.1, -0.05) is 11.6 Å². The predicted octanol–water partition coefficient (Wildman–Crippen LogP) is 2.66. The monoisotopic (exact) mass is 238 g/mol. The van der Waals surface area contributed by atoms with E-state index in [0.717, 1.165) is 4.88 Å². The van der Waals surface area contributed by atoms with Crippen molar-refractivity contribution in [1.29, 1.82) is 0 Å². The summed E-state index contributed by atoms with van der Waals surface area (Å²) in [5, 5.41) is 2.61. The van der Waals surface area contributed by atoms with Crippen LogP contribution in [0.1, 0.15) is 10.7 Å². The van der Waals surface area contributed by atoms with E-state index in [0.29, 0.717) is 10.8 Å². The number of rotatable bonds is 2. The average molecular weight is 239 g/mol. The first-order valence-electron chi connectivity index (χ1n) is 4.22. The SMILES string of the molecule is O=c1ccnc(/C=C/c2sccc2Cl)[nH]1. The van der Waals surface area contributed by atoms with Gasteiger partial charge in [0.05, 0.1) is 5.02 Å².